The molecule has 1 atom stereocenters. The Kier molecular flexibility index (Phi) is 6.60. The molecule has 0 spiro atoms. The number of carbonyl (C=O) groups excluding carboxylic acids is 1. The van der Waals surface area contributed by atoms with E-state index in [9.17, 15) is 13.2 Å². The number of hydrogen-bond donors (Lipinski definition) is 2. The number of primary sulfonamides is 1. The molecule has 0 aliphatic rings. The monoisotopic (exact) mass is 429 g/mol. The van der Waals surface area contributed by atoms with Crippen molar-refractivity contribution >= 4 is 15.9 Å². The predicted octanol–water partition coefficient (Wildman–Crippen LogP) is 1.27. The first-order valence-corrected chi connectivity index (χ1v) is 10.8. The Morgan fingerprint density at radius 2 is 1.83 bits per heavy atom. The van der Waals surface area contributed by atoms with Crippen LogP contribution >= 0.6 is 0 Å². The highest BCUT2D eigenvalue weighted by Gasteiger charge is 2.19. The molecule has 9 nitrogen and oxygen atoms in total. The van der Waals surface area contributed by atoms with Gasteiger partial charge in [0.05, 0.1) is 17.2 Å². The second-order valence-electron chi connectivity index (χ2n) is 6.79. The van der Waals surface area contributed by atoms with E-state index in [4.69, 9.17) is 9.88 Å². The van der Waals surface area contributed by atoms with Crippen molar-refractivity contribution in [2.24, 2.45) is 5.14 Å². The third-order valence-corrected chi connectivity index (χ3v) is 5.22. The van der Waals surface area contributed by atoms with Gasteiger partial charge in [-0.3, -0.25) is 4.79 Å². The summed E-state index contributed by atoms with van der Waals surface area (Å²) in [5.74, 6) is 0.127. The Hall–Kier alpha value is -3.08. The van der Waals surface area contributed by atoms with Crippen LogP contribution in [0.1, 0.15) is 28.9 Å². The predicted molar refractivity (Wildman–Crippen MR) is 111 cm³/mol. The van der Waals surface area contributed by atoms with Gasteiger partial charge in [-0.15, -0.1) is 5.10 Å². The molecular formula is C20H23N5O4S. The molecule has 0 saturated carbocycles. The first kappa shape index (κ1) is 21.6. The highest BCUT2D eigenvalue weighted by atomic mass is 32.2. The van der Waals surface area contributed by atoms with Gasteiger partial charge >= 0.3 is 0 Å². The Morgan fingerprint density at radius 3 is 2.43 bits per heavy atom. The number of amides is 1. The van der Waals surface area contributed by atoms with Crippen molar-refractivity contribution in [2.75, 3.05) is 13.7 Å². The molecule has 1 amide bonds. The van der Waals surface area contributed by atoms with Gasteiger partial charge in [-0.1, -0.05) is 30.3 Å². The highest BCUT2D eigenvalue weighted by Crippen LogP contribution is 2.16. The van der Waals surface area contributed by atoms with E-state index in [1.165, 1.54) is 16.8 Å². The number of nitrogens with one attached hydrogen (secondary N) is 1. The first-order valence-electron chi connectivity index (χ1n) is 9.21. The van der Waals surface area contributed by atoms with Crippen LogP contribution in [0.25, 0.3) is 5.69 Å². The smallest absolute Gasteiger partial charge is 0.291 e. The molecule has 158 valence electrons. The first-order chi connectivity index (χ1) is 14.3. The molecule has 2 aromatic carbocycles. The molecule has 0 aliphatic carbocycles. The molecule has 30 heavy (non-hydrogen) atoms. The minimum atomic E-state index is -3.81. The maximum atomic E-state index is 12.6. The summed E-state index contributed by atoms with van der Waals surface area (Å²) in [6, 6.07) is 15.3. The number of nitrogens with two attached hydrogens (primary N) is 1. The summed E-state index contributed by atoms with van der Waals surface area (Å²) in [7, 11) is -2.25. The molecule has 0 saturated heterocycles. The lowest BCUT2D eigenvalue weighted by atomic mass is 10.1. The second-order valence-corrected chi connectivity index (χ2v) is 8.36. The SMILES string of the molecule is COCC(C)NC(=O)c1nc(Cc2ccccc2)n(-c2ccc(S(N)(=O)=O)cc2)n1. The third kappa shape index (κ3) is 5.29. The van der Waals surface area contributed by atoms with Crippen LogP contribution in [0.5, 0.6) is 0 Å². The molecule has 3 rings (SSSR count). The maximum Gasteiger partial charge on any atom is 0.291 e. The summed E-state index contributed by atoms with van der Waals surface area (Å²) < 4.78 is 29.6. The van der Waals surface area contributed by atoms with Crippen LogP contribution in [-0.4, -0.2) is 48.8 Å². The van der Waals surface area contributed by atoms with Crippen LogP contribution in [-0.2, 0) is 21.2 Å². The zero-order chi connectivity index (χ0) is 21.7. The summed E-state index contributed by atoms with van der Waals surface area (Å²) in [6.45, 7) is 2.17. The van der Waals surface area contributed by atoms with E-state index < -0.39 is 15.9 Å². The van der Waals surface area contributed by atoms with E-state index >= 15 is 0 Å². The standard InChI is InChI=1S/C20H23N5O4S/c1-14(13-29-2)22-20(26)19-23-18(12-15-6-4-3-5-7-15)25(24-19)16-8-10-17(11-9-16)30(21,27)28/h3-11,14H,12-13H2,1-2H3,(H,22,26)(H2,21,27,28). The van der Waals surface area contributed by atoms with Gasteiger partial charge in [-0.05, 0) is 36.8 Å². The number of rotatable bonds is 8. The van der Waals surface area contributed by atoms with Gasteiger partial charge in [0, 0.05) is 19.6 Å². The van der Waals surface area contributed by atoms with Crippen LogP contribution in [0.15, 0.2) is 59.5 Å². The van der Waals surface area contributed by atoms with Crippen molar-refractivity contribution in [2.45, 2.75) is 24.3 Å². The molecule has 3 N–H and O–H groups in total. The van der Waals surface area contributed by atoms with E-state index in [1.807, 2.05) is 37.3 Å². The number of benzene rings is 2. The van der Waals surface area contributed by atoms with Crippen LogP contribution in [0.3, 0.4) is 0 Å². The van der Waals surface area contributed by atoms with Crippen molar-refractivity contribution in [3.63, 3.8) is 0 Å². The fourth-order valence-corrected chi connectivity index (χ4v) is 3.41. The van der Waals surface area contributed by atoms with E-state index in [0.29, 0.717) is 24.5 Å². The fourth-order valence-electron chi connectivity index (χ4n) is 2.90. The Morgan fingerprint density at radius 1 is 1.17 bits per heavy atom. The molecule has 10 heteroatoms. The third-order valence-electron chi connectivity index (χ3n) is 4.29. The number of ether oxygens (including phenoxy) is 1. The van der Waals surface area contributed by atoms with Crippen molar-refractivity contribution in [1.29, 1.82) is 0 Å². The van der Waals surface area contributed by atoms with E-state index in [-0.39, 0.29) is 16.8 Å². The lowest BCUT2D eigenvalue weighted by Crippen LogP contribution is -2.36. The summed E-state index contributed by atoms with van der Waals surface area (Å²) in [5.41, 5.74) is 1.55. The van der Waals surface area contributed by atoms with Gasteiger partial charge in [-0.25, -0.2) is 23.2 Å². The minimum absolute atomic E-state index is 0.0117. The molecule has 1 aromatic heterocycles. The zero-order valence-electron chi connectivity index (χ0n) is 16.6. The van der Waals surface area contributed by atoms with Gasteiger partial charge < -0.3 is 10.1 Å². The molecule has 1 unspecified atom stereocenters. The molecule has 3 aromatic rings. The maximum absolute atomic E-state index is 12.6. The Labute approximate surface area is 174 Å². The van der Waals surface area contributed by atoms with Crippen LogP contribution in [0.2, 0.25) is 0 Å². The zero-order valence-corrected chi connectivity index (χ0v) is 17.5. The summed E-state index contributed by atoms with van der Waals surface area (Å²) in [5, 5.41) is 12.3. The van der Waals surface area contributed by atoms with Gasteiger partial charge in [0.15, 0.2) is 0 Å². The molecule has 0 radical (unpaired) electrons. The number of hydrogen-bond acceptors (Lipinski definition) is 6. The topological polar surface area (TPSA) is 129 Å². The van der Waals surface area contributed by atoms with Crippen molar-refractivity contribution in [3.8, 4) is 5.69 Å². The number of methoxy groups -OCH3 is 1. The van der Waals surface area contributed by atoms with Crippen molar-refractivity contribution in [1.82, 2.24) is 20.1 Å². The lowest BCUT2D eigenvalue weighted by molar-refractivity contribution is 0.0895. The van der Waals surface area contributed by atoms with Crippen LogP contribution < -0.4 is 10.5 Å². The minimum Gasteiger partial charge on any atom is -0.383 e. The molecule has 0 aliphatic heterocycles. The normalized spacial score (nSPS) is 12.5. The number of sulfonamides is 1. The van der Waals surface area contributed by atoms with Crippen LogP contribution in [0, 0.1) is 0 Å². The second kappa shape index (κ2) is 9.16. The van der Waals surface area contributed by atoms with Crippen molar-refractivity contribution in [3.05, 3.63) is 71.8 Å². The Balaban J connectivity index is 1.97. The van der Waals surface area contributed by atoms with E-state index in [1.54, 1.807) is 19.2 Å². The average Bonchev–Trinajstić information content (AvgIpc) is 3.12. The van der Waals surface area contributed by atoms with Gasteiger partial charge in [0.25, 0.3) is 5.91 Å². The molecular weight excluding hydrogens is 406 g/mol. The summed E-state index contributed by atoms with van der Waals surface area (Å²) >= 11 is 0. The average molecular weight is 430 g/mol. The largest absolute Gasteiger partial charge is 0.383 e. The summed E-state index contributed by atoms with van der Waals surface area (Å²) in [4.78, 5) is 17.0. The molecule has 1 heterocycles. The van der Waals surface area contributed by atoms with Gasteiger partial charge in [-0.2, -0.15) is 0 Å². The quantitative estimate of drug-likeness (QED) is 0.555. The van der Waals surface area contributed by atoms with Gasteiger partial charge in [0.2, 0.25) is 15.8 Å². The molecule has 0 bridgehead atoms. The number of carbonyl (C=O) groups is 1. The number of aromatic nitrogens is 3. The van der Waals surface area contributed by atoms with E-state index in [0.717, 1.165) is 5.56 Å². The Bertz CT molecular complexity index is 1110. The van der Waals surface area contributed by atoms with Crippen LogP contribution in [0.4, 0.5) is 0 Å². The fraction of sp³-hybridized carbons (Fsp3) is 0.250. The highest BCUT2D eigenvalue weighted by molar-refractivity contribution is 7.89. The van der Waals surface area contributed by atoms with Crippen molar-refractivity contribution < 1.29 is 17.9 Å². The van der Waals surface area contributed by atoms with E-state index in [2.05, 4.69) is 15.4 Å². The lowest BCUT2D eigenvalue weighted by Gasteiger charge is -2.10. The summed E-state index contributed by atoms with van der Waals surface area (Å²) in [6.07, 6.45) is 0.436. The van der Waals surface area contributed by atoms with Gasteiger partial charge in [0.1, 0.15) is 5.82 Å². The molecule has 0 fully saturated rings. The number of nitrogens with zero attached hydrogens (tertiary/aromatic N) is 3.